The fraction of sp³-hybridized carbons (Fsp3) is 0.438. The first kappa shape index (κ1) is 15.0. The van der Waals surface area contributed by atoms with Gasteiger partial charge in [0.1, 0.15) is 24.1 Å². The van der Waals surface area contributed by atoms with Crippen LogP contribution in [0.4, 0.5) is 0 Å². The number of esters is 1. The molecule has 22 heavy (non-hydrogen) atoms. The summed E-state index contributed by atoms with van der Waals surface area (Å²) in [7, 11) is 1.60. The molecule has 2 heterocycles. The summed E-state index contributed by atoms with van der Waals surface area (Å²) in [5.74, 6) is 0.292. The topological polar surface area (TPSA) is 74.2 Å². The summed E-state index contributed by atoms with van der Waals surface area (Å²) in [6.45, 7) is 0.458. The molecule has 6 heteroatoms. The number of fused-ring (bicyclic) bond motifs is 1. The minimum absolute atomic E-state index is 0.213. The van der Waals surface area contributed by atoms with E-state index in [1.165, 1.54) is 6.08 Å². The van der Waals surface area contributed by atoms with E-state index in [1.54, 1.807) is 13.2 Å². The Bertz CT molecular complexity index is 552. The van der Waals surface area contributed by atoms with Crippen molar-refractivity contribution >= 4 is 12.0 Å². The number of rotatable bonds is 4. The van der Waals surface area contributed by atoms with Crippen molar-refractivity contribution in [1.29, 1.82) is 0 Å². The summed E-state index contributed by atoms with van der Waals surface area (Å²) in [5, 5.41) is 9.63. The molecule has 2 aliphatic heterocycles. The molecule has 4 unspecified atom stereocenters. The number of carbonyl (C=O) groups is 1. The minimum Gasteiger partial charge on any atom is -0.497 e. The zero-order valence-corrected chi connectivity index (χ0v) is 12.2. The number of methoxy groups -OCH3 is 1. The van der Waals surface area contributed by atoms with E-state index in [4.69, 9.17) is 18.9 Å². The molecule has 0 radical (unpaired) electrons. The molecule has 0 aliphatic carbocycles. The third-order valence-electron chi connectivity index (χ3n) is 3.78. The van der Waals surface area contributed by atoms with Crippen molar-refractivity contribution in [3.63, 3.8) is 0 Å². The lowest BCUT2D eigenvalue weighted by Crippen LogP contribution is -2.33. The molecule has 2 saturated heterocycles. The van der Waals surface area contributed by atoms with Crippen molar-refractivity contribution < 1.29 is 28.8 Å². The van der Waals surface area contributed by atoms with Gasteiger partial charge in [-0.15, -0.1) is 0 Å². The maximum atomic E-state index is 11.9. The fourth-order valence-corrected chi connectivity index (χ4v) is 2.61. The van der Waals surface area contributed by atoms with Crippen molar-refractivity contribution in [1.82, 2.24) is 0 Å². The van der Waals surface area contributed by atoms with E-state index in [-0.39, 0.29) is 19.3 Å². The molecule has 6 nitrogen and oxygen atoms in total. The highest BCUT2D eigenvalue weighted by Gasteiger charge is 2.48. The van der Waals surface area contributed by atoms with Crippen LogP contribution in [-0.2, 0) is 19.0 Å². The van der Waals surface area contributed by atoms with Gasteiger partial charge in [0.15, 0.2) is 6.10 Å². The van der Waals surface area contributed by atoms with Crippen LogP contribution in [0.15, 0.2) is 30.3 Å². The highest BCUT2D eigenvalue weighted by atomic mass is 16.6. The summed E-state index contributed by atoms with van der Waals surface area (Å²) >= 11 is 0. The van der Waals surface area contributed by atoms with Crippen molar-refractivity contribution in [3.8, 4) is 5.75 Å². The molecule has 3 rings (SSSR count). The number of carbonyl (C=O) groups excluding carboxylic acids is 1. The van der Waals surface area contributed by atoms with Crippen molar-refractivity contribution in [2.75, 3.05) is 20.3 Å². The van der Waals surface area contributed by atoms with Gasteiger partial charge in [-0.1, -0.05) is 12.1 Å². The first-order valence-electron chi connectivity index (χ1n) is 7.11. The Kier molecular flexibility index (Phi) is 4.42. The molecule has 2 fully saturated rings. The Balaban J connectivity index is 1.55. The molecule has 0 amide bonds. The molecule has 118 valence electrons. The van der Waals surface area contributed by atoms with Crippen LogP contribution in [0.5, 0.6) is 5.75 Å². The summed E-state index contributed by atoms with van der Waals surface area (Å²) in [5.41, 5.74) is 0.867. The van der Waals surface area contributed by atoms with Gasteiger partial charge in [0, 0.05) is 6.08 Å². The summed E-state index contributed by atoms with van der Waals surface area (Å²) in [6, 6.07) is 7.31. The molecule has 0 bridgehead atoms. The van der Waals surface area contributed by atoms with Crippen LogP contribution in [0.1, 0.15) is 5.56 Å². The van der Waals surface area contributed by atoms with Gasteiger partial charge in [-0.3, -0.25) is 0 Å². The summed E-state index contributed by atoms with van der Waals surface area (Å²) in [6.07, 6.45) is 1.12. The van der Waals surface area contributed by atoms with Gasteiger partial charge in [-0.05, 0) is 23.8 Å². The number of hydrogen-bond donors (Lipinski definition) is 1. The fourth-order valence-electron chi connectivity index (χ4n) is 2.61. The van der Waals surface area contributed by atoms with E-state index in [1.807, 2.05) is 24.3 Å². The average molecular weight is 306 g/mol. The van der Waals surface area contributed by atoms with E-state index < -0.39 is 24.3 Å². The number of aliphatic hydroxyl groups excluding tert-OH is 1. The van der Waals surface area contributed by atoms with E-state index in [2.05, 4.69) is 0 Å². The van der Waals surface area contributed by atoms with Crippen molar-refractivity contribution in [2.24, 2.45) is 0 Å². The van der Waals surface area contributed by atoms with E-state index >= 15 is 0 Å². The molecule has 0 aromatic heterocycles. The molecule has 1 aromatic carbocycles. The molecule has 0 saturated carbocycles. The lowest BCUT2D eigenvalue weighted by molar-refractivity contribution is -0.147. The van der Waals surface area contributed by atoms with Gasteiger partial charge in [0.25, 0.3) is 0 Å². The zero-order chi connectivity index (χ0) is 15.5. The second kappa shape index (κ2) is 6.48. The van der Waals surface area contributed by atoms with Gasteiger partial charge >= 0.3 is 5.97 Å². The number of benzene rings is 1. The standard InChI is InChI=1S/C16H18O6/c1-19-11-5-2-10(3-6-11)4-7-14(18)22-13-9-21-15-12(17)8-20-16(13)15/h2-7,12-13,15-17H,8-9H2,1H3/b7-4+. The van der Waals surface area contributed by atoms with Crippen LogP contribution in [0.25, 0.3) is 6.08 Å². The maximum absolute atomic E-state index is 11.9. The Labute approximate surface area is 128 Å². The average Bonchev–Trinajstić information content (AvgIpc) is 3.10. The quantitative estimate of drug-likeness (QED) is 0.654. The normalized spacial score (nSPS) is 30.5. The van der Waals surface area contributed by atoms with Crippen LogP contribution in [-0.4, -0.2) is 55.8 Å². The second-order valence-corrected chi connectivity index (χ2v) is 5.25. The predicted octanol–water partition coefficient (Wildman–Crippen LogP) is 0.779. The third-order valence-corrected chi connectivity index (χ3v) is 3.78. The Morgan fingerprint density at radius 2 is 1.95 bits per heavy atom. The monoisotopic (exact) mass is 306 g/mol. The zero-order valence-electron chi connectivity index (χ0n) is 12.2. The molecule has 2 aliphatic rings. The van der Waals surface area contributed by atoms with Gasteiger partial charge in [-0.25, -0.2) is 4.79 Å². The second-order valence-electron chi connectivity index (χ2n) is 5.25. The van der Waals surface area contributed by atoms with Crippen LogP contribution < -0.4 is 4.74 Å². The molecule has 0 spiro atoms. The van der Waals surface area contributed by atoms with Gasteiger partial charge < -0.3 is 24.1 Å². The van der Waals surface area contributed by atoms with Gasteiger partial charge in [0.05, 0.1) is 20.3 Å². The number of aliphatic hydroxyl groups is 1. The molecule has 1 N–H and O–H groups in total. The SMILES string of the molecule is COc1ccc(/C=C/C(=O)OC2COC3C(O)COC23)cc1. The number of ether oxygens (including phenoxy) is 4. The van der Waals surface area contributed by atoms with E-state index in [9.17, 15) is 9.90 Å². The third kappa shape index (κ3) is 3.14. The van der Waals surface area contributed by atoms with E-state index in [0.717, 1.165) is 11.3 Å². The first-order chi connectivity index (χ1) is 10.7. The smallest absolute Gasteiger partial charge is 0.331 e. The lowest BCUT2D eigenvalue weighted by atomic mass is 10.1. The Morgan fingerprint density at radius 1 is 1.23 bits per heavy atom. The summed E-state index contributed by atoms with van der Waals surface area (Å²) < 4.78 is 21.2. The highest BCUT2D eigenvalue weighted by molar-refractivity contribution is 5.87. The first-order valence-corrected chi connectivity index (χ1v) is 7.11. The van der Waals surface area contributed by atoms with Crippen LogP contribution in [0, 0.1) is 0 Å². The Hall–Kier alpha value is -1.89. The van der Waals surface area contributed by atoms with Crippen molar-refractivity contribution in [2.45, 2.75) is 24.4 Å². The van der Waals surface area contributed by atoms with Gasteiger partial charge in [0.2, 0.25) is 0 Å². The molecular formula is C16H18O6. The molecule has 4 atom stereocenters. The van der Waals surface area contributed by atoms with Crippen molar-refractivity contribution in [3.05, 3.63) is 35.9 Å². The predicted molar refractivity (Wildman–Crippen MR) is 77.4 cm³/mol. The maximum Gasteiger partial charge on any atom is 0.331 e. The van der Waals surface area contributed by atoms with Gasteiger partial charge in [-0.2, -0.15) is 0 Å². The largest absolute Gasteiger partial charge is 0.497 e. The molecule has 1 aromatic rings. The lowest BCUT2D eigenvalue weighted by Gasteiger charge is -2.15. The minimum atomic E-state index is -0.649. The van der Waals surface area contributed by atoms with Crippen LogP contribution >= 0.6 is 0 Å². The number of hydrogen-bond acceptors (Lipinski definition) is 6. The van der Waals surface area contributed by atoms with Crippen LogP contribution in [0.3, 0.4) is 0 Å². The highest BCUT2D eigenvalue weighted by Crippen LogP contribution is 2.28. The summed E-state index contributed by atoms with van der Waals surface area (Å²) in [4.78, 5) is 11.9. The molecular weight excluding hydrogens is 288 g/mol. The Morgan fingerprint density at radius 3 is 2.68 bits per heavy atom. The van der Waals surface area contributed by atoms with Crippen LogP contribution in [0.2, 0.25) is 0 Å². The van der Waals surface area contributed by atoms with E-state index in [0.29, 0.717) is 0 Å².